The normalized spacial score (nSPS) is 15.4. The van der Waals surface area contributed by atoms with Crippen molar-refractivity contribution in [2.24, 2.45) is 0 Å². The minimum absolute atomic E-state index is 0.186. The van der Waals surface area contributed by atoms with E-state index in [1.54, 1.807) is 17.1 Å². The minimum atomic E-state index is -3.53. The van der Waals surface area contributed by atoms with Gasteiger partial charge in [0.2, 0.25) is 10.0 Å². The van der Waals surface area contributed by atoms with Crippen molar-refractivity contribution >= 4 is 21.4 Å². The van der Waals surface area contributed by atoms with Gasteiger partial charge in [-0.2, -0.15) is 5.10 Å². The van der Waals surface area contributed by atoms with Crippen LogP contribution in [0.5, 0.6) is 0 Å². The second-order valence-corrected chi connectivity index (χ2v) is 7.66. The zero-order valence-electron chi connectivity index (χ0n) is 11.4. The standard InChI is InChI=1S/C12H17N5O2S2/c18-21(19,16-8-12-14-4-6-20-12)11-7-15-17(9-11)5-3-13-10-1-2-10/h4,6-7,9-10,13,16H,1-3,5,8H2. The van der Waals surface area contributed by atoms with E-state index in [4.69, 9.17) is 0 Å². The number of thiazole rings is 1. The van der Waals surface area contributed by atoms with Gasteiger partial charge in [-0.05, 0) is 12.8 Å². The van der Waals surface area contributed by atoms with Crippen LogP contribution in [0.3, 0.4) is 0 Å². The average molecular weight is 327 g/mol. The molecule has 2 aromatic rings. The molecule has 0 radical (unpaired) electrons. The highest BCUT2D eigenvalue weighted by atomic mass is 32.2. The first-order valence-corrected chi connectivity index (χ1v) is 9.14. The number of nitrogens with zero attached hydrogens (tertiary/aromatic N) is 3. The lowest BCUT2D eigenvalue weighted by molar-refractivity contribution is 0.551. The Labute approximate surface area is 127 Å². The molecule has 2 aromatic heterocycles. The summed E-state index contributed by atoms with van der Waals surface area (Å²) in [4.78, 5) is 4.23. The molecule has 3 rings (SSSR count). The van der Waals surface area contributed by atoms with Crippen LogP contribution in [-0.4, -0.2) is 35.8 Å². The number of hydrogen-bond donors (Lipinski definition) is 2. The van der Waals surface area contributed by atoms with Gasteiger partial charge in [0.15, 0.2) is 0 Å². The maximum absolute atomic E-state index is 12.1. The number of aromatic nitrogens is 3. The fourth-order valence-corrected chi connectivity index (χ4v) is 3.44. The van der Waals surface area contributed by atoms with Gasteiger partial charge in [0.05, 0.1) is 19.3 Å². The Kier molecular flexibility index (Phi) is 4.34. The largest absolute Gasteiger partial charge is 0.312 e. The molecule has 1 aliphatic carbocycles. The predicted molar refractivity (Wildman–Crippen MR) is 79.4 cm³/mol. The van der Waals surface area contributed by atoms with E-state index in [2.05, 4.69) is 20.1 Å². The summed E-state index contributed by atoms with van der Waals surface area (Å²) in [6.45, 7) is 1.67. The molecule has 0 aromatic carbocycles. The highest BCUT2D eigenvalue weighted by Crippen LogP contribution is 2.18. The lowest BCUT2D eigenvalue weighted by Crippen LogP contribution is -2.23. The van der Waals surface area contributed by atoms with Crippen molar-refractivity contribution in [2.75, 3.05) is 6.54 Å². The van der Waals surface area contributed by atoms with Gasteiger partial charge in [-0.15, -0.1) is 11.3 Å². The number of hydrogen-bond acceptors (Lipinski definition) is 6. The maximum atomic E-state index is 12.1. The monoisotopic (exact) mass is 327 g/mol. The lowest BCUT2D eigenvalue weighted by atomic mass is 10.6. The highest BCUT2D eigenvalue weighted by Gasteiger charge is 2.20. The van der Waals surface area contributed by atoms with E-state index in [1.165, 1.54) is 30.4 Å². The molecule has 2 N–H and O–H groups in total. The van der Waals surface area contributed by atoms with Crippen LogP contribution in [-0.2, 0) is 23.1 Å². The molecule has 0 unspecified atom stereocenters. The summed E-state index contributed by atoms with van der Waals surface area (Å²) in [6, 6.07) is 0.642. The number of rotatable bonds is 8. The van der Waals surface area contributed by atoms with Crippen molar-refractivity contribution in [2.45, 2.75) is 36.9 Å². The van der Waals surface area contributed by atoms with Crippen LogP contribution in [0.2, 0.25) is 0 Å². The van der Waals surface area contributed by atoms with Crippen LogP contribution in [0, 0.1) is 0 Å². The summed E-state index contributed by atoms with van der Waals surface area (Å²) < 4.78 is 28.4. The molecule has 2 heterocycles. The fourth-order valence-electron chi connectivity index (χ4n) is 1.86. The number of nitrogens with one attached hydrogen (secondary N) is 2. The van der Waals surface area contributed by atoms with Gasteiger partial charge < -0.3 is 5.32 Å². The molecule has 0 bridgehead atoms. The molecule has 114 valence electrons. The smallest absolute Gasteiger partial charge is 0.244 e. The van der Waals surface area contributed by atoms with Gasteiger partial charge in [-0.3, -0.25) is 4.68 Å². The van der Waals surface area contributed by atoms with Crippen LogP contribution >= 0.6 is 11.3 Å². The molecule has 1 fully saturated rings. The Balaban J connectivity index is 1.55. The molecule has 7 nitrogen and oxygen atoms in total. The van der Waals surface area contributed by atoms with E-state index in [1.807, 2.05) is 5.38 Å². The summed E-state index contributed by atoms with van der Waals surface area (Å²) in [5, 5.41) is 10.0. The van der Waals surface area contributed by atoms with Crippen molar-refractivity contribution < 1.29 is 8.42 Å². The van der Waals surface area contributed by atoms with Crippen LogP contribution < -0.4 is 10.0 Å². The predicted octanol–water partition coefficient (Wildman–Crippen LogP) is 0.570. The van der Waals surface area contributed by atoms with Gasteiger partial charge in [0, 0.05) is 30.4 Å². The first-order valence-electron chi connectivity index (χ1n) is 6.77. The quantitative estimate of drug-likeness (QED) is 0.740. The van der Waals surface area contributed by atoms with Crippen LogP contribution in [0.1, 0.15) is 17.8 Å². The van der Waals surface area contributed by atoms with Gasteiger partial charge >= 0.3 is 0 Å². The van der Waals surface area contributed by atoms with E-state index in [9.17, 15) is 8.42 Å². The molecular formula is C12H17N5O2S2. The molecule has 9 heteroatoms. The van der Waals surface area contributed by atoms with Crippen molar-refractivity contribution in [3.8, 4) is 0 Å². The van der Waals surface area contributed by atoms with Crippen LogP contribution in [0.15, 0.2) is 28.9 Å². The molecule has 0 spiro atoms. The number of sulfonamides is 1. The van der Waals surface area contributed by atoms with E-state index < -0.39 is 10.0 Å². The van der Waals surface area contributed by atoms with Gasteiger partial charge in [-0.25, -0.2) is 18.1 Å². The Bertz CT molecular complexity index is 676. The average Bonchev–Trinajstić information content (AvgIpc) is 2.94. The second-order valence-electron chi connectivity index (χ2n) is 4.92. The third-order valence-corrected chi connectivity index (χ3v) is 5.30. The van der Waals surface area contributed by atoms with Crippen LogP contribution in [0.4, 0.5) is 0 Å². The molecular weight excluding hydrogens is 310 g/mol. The van der Waals surface area contributed by atoms with E-state index in [0.29, 0.717) is 12.6 Å². The Hall–Kier alpha value is -1.29. The molecule has 0 saturated heterocycles. The Morgan fingerprint density at radius 2 is 2.29 bits per heavy atom. The summed E-state index contributed by atoms with van der Waals surface area (Å²) in [5.41, 5.74) is 0. The van der Waals surface area contributed by atoms with Crippen molar-refractivity contribution in [3.63, 3.8) is 0 Å². The van der Waals surface area contributed by atoms with Gasteiger partial charge in [0.25, 0.3) is 0 Å². The molecule has 1 saturated carbocycles. The van der Waals surface area contributed by atoms with Gasteiger partial charge in [0.1, 0.15) is 9.90 Å². The molecule has 0 atom stereocenters. The fraction of sp³-hybridized carbons (Fsp3) is 0.500. The highest BCUT2D eigenvalue weighted by molar-refractivity contribution is 7.89. The zero-order chi connectivity index (χ0) is 14.7. The molecule has 0 aliphatic heterocycles. The van der Waals surface area contributed by atoms with Crippen molar-refractivity contribution in [1.29, 1.82) is 0 Å². The summed E-state index contributed by atoms with van der Waals surface area (Å²) >= 11 is 1.42. The SMILES string of the molecule is O=S(=O)(NCc1nccs1)c1cnn(CCNC2CC2)c1. The third kappa shape index (κ3) is 4.10. The van der Waals surface area contributed by atoms with Crippen molar-refractivity contribution in [1.82, 2.24) is 24.8 Å². The topological polar surface area (TPSA) is 88.9 Å². The second kappa shape index (κ2) is 6.22. The Morgan fingerprint density at radius 3 is 3.00 bits per heavy atom. The molecule has 1 aliphatic rings. The summed E-state index contributed by atoms with van der Waals surface area (Å²) in [6.07, 6.45) is 7.05. The molecule has 21 heavy (non-hydrogen) atoms. The first-order chi connectivity index (χ1) is 10.1. The first kappa shape index (κ1) is 14.6. The maximum Gasteiger partial charge on any atom is 0.244 e. The van der Waals surface area contributed by atoms with E-state index in [0.717, 1.165) is 11.6 Å². The Morgan fingerprint density at radius 1 is 1.43 bits per heavy atom. The van der Waals surface area contributed by atoms with Gasteiger partial charge in [-0.1, -0.05) is 0 Å². The van der Waals surface area contributed by atoms with E-state index in [-0.39, 0.29) is 11.4 Å². The third-order valence-electron chi connectivity index (χ3n) is 3.17. The van der Waals surface area contributed by atoms with Crippen molar-refractivity contribution in [3.05, 3.63) is 29.0 Å². The minimum Gasteiger partial charge on any atom is -0.312 e. The van der Waals surface area contributed by atoms with Crippen LogP contribution in [0.25, 0.3) is 0 Å². The molecule has 0 amide bonds. The zero-order valence-corrected chi connectivity index (χ0v) is 13.0. The lowest BCUT2D eigenvalue weighted by Gasteiger charge is -2.03. The summed E-state index contributed by atoms with van der Waals surface area (Å²) in [7, 11) is -3.53. The summed E-state index contributed by atoms with van der Waals surface area (Å²) in [5.74, 6) is 0. The van der Waals surface area contributed by atoms with E-state index >= 15 is 0 Å².